The summed E-state index contributed by atoms with van der Waals surface area (Å²) in [5.41, 5.74) is 1.15. The molecule has 0 bridgehead atoms. The van der Waals surface area contributed by atoms with Gasteiger partial charge in [0, 0.05) is 23.0 Å². The monoisotopic (exact) mass is 225 g/mol. The van der Waals surface area contributed by atoms with Crippen molar-refractivity contribution in [2.24, 2.45) is 0 Å². The minimum absolute atomic E-state index is 0.772. The molecule has 2 aromatic rings. The molecular weight excluding hydrogens is 214 g/mol. The van der Waals surface area contributed by atoms with E-state index in [2.05, 4.69) is 14.5 Å². The molecule has 3 nitrogen and oxygen atoms in total. The van der Waals surface area contributed by atoms with Crippen molar-refractivity contribution in [3.63, 3.8) is 0 Å². The lowest BCUT2D eigenvalue weighted by atomic mass is 10.5. The van der Waals surface area contributed by atoms with Gasteiger partial charge in [-0.2, -0.15) is 0 Å². The van der Waals surface area contributed by atoms with Gasteiger partial charge in [-0.15, -0.1) is 11.3 Å². The third-order valence-electron chi connectivity index (χ3n) is 2.06. The largest absolute Gasteiger partial charge is 0.337 e. The summed E-state index contributed by atoms with van der Waals surface area (Å²) in [6.45, 7) is 4.87. The highest BCUT2D eigenvalue weighted by Crippen LogP contribution is 2.14. The van der Waals surface area contributed by atoms with E-state index < -0.39 is 0 Å². The molecule has 14 heavy (non-hydrogen) atoms. The number of rotatable bonds is 2. The first-order valence-electron chi connectivity index (χ1n) is 4.33. The fourth-order valence-corrected chi connectivity index (χ4v) is 2.36. The number of aromatic amines is 1. The lowest BCUT2D eigenvalue weighted by Gasteiger charge is -2.01. The number of hydrogen-bond donors (Lipinski definition) is 1. The van der Waals surface area contributed by atoms with E-state index in [0.29, 0.717) is 0 Å². The van der Waals surface area contributed by atoms with Gasteiger partial charge in [0.25, 0.3) is 0 Å². The van der Waals surface area contributed by atoms with Crippen molar-refractivity contribution in [3.05, 3.63) is 32.7 Å². The van der Waals surface area contributed by atoms with Crippen LogP contribution in [0.5, 0.6) is 0 Å². The quantitative estimate of drug-likeness (QED) is 0.797. The SMILES string of the molecule is Cc1ncc(Cn2c(C)c[nH]c2=S)s1. The van der Waals surface area contributed by atoms with E-state index in [1.54, 1.807) is 11.3 Å². The average Bonchev–Trinajstić information content (AvgIpc) is 2.67. The summed E-state index contributed by atoms with van der Waals surface area (Å²) in [7, 11) is 0. The molecule has 2 aromatic heterocycles. The number of aromatic nitrogens is 3. The second-order valence-electron chi connectivity index (χ2n) is 3.17. The number of thiazole rings is 1. The maximum atomic E-state index is 5.17. The Morgan fingerprint density at radius 1 is 1.57 bits per heavy atom. The van der Waals surface area contributed by atoms with Crippen LogP contribution in [0.25, 0.3) is 0 Å². The fourth-order valence-electron chi connectivity index (χ4n) is 1.31. The van der Waals surface area contributed by atoms with Gasteiger partial charge < -0.3 is 9.55 Å². The van der Waals surface area contributed by atoms with Gasteiger partial charge in [-0.25, -0.2) is 4.98 Å². The van der Waals surface area contributed by atoms with Crippen LogP contribution in [0.15, 0.2) is 12.4 Å². The van der Waals surface area contributed by atoms with Crippen molar-refractivity contribution in [3.8, 4) is 0 Å². The minimum Gasteiger partial charge on any atom is -0.337 e. The summed E-state index contributed by atoms with van der Waals surface area (Å²) >= 11 is 6.88. The molecule has 0 atom stereocenters. The number of aryl methyl sites for hydroxylation is 2. The van der Waals surface area contributed by atoms with E-state index in [1.165, 1.54) is 4.88 Å². The van der Waals surface area contributed by atoms with Gasteiger partial charge in [0.2, 0.25) is 0 Å². The lowest BCUT2D eigenvalue weighted by Crippen LogP contribution is -1.99. The van der Waals surface area contributed by atoms with Crippen LogP contribution < -0.4 is 0 Å². The number of hydrogen-bond acceptors (Lipinski definition) is 3. The molecule has 74 valence electrons. The topological polar surface area (TPSA) is 33.6 Å². The molecular formula is C9H11N3S2. The molecule has 0 aliphatic rings. The first kappa shape index (κ1) is 9.61. The summed E-state index contributed by atoms with van der Waals surface area (Å²) in [6, 6.07) is 0. The molecule has 1 N–H and O–H groups in total. The van der Waals surface area contributed by atoms with Gasteiger partial charge >= 0.3 is 0 Å². The van der Waals surface area contributed by atoms with E-state index in [1.807, 2.05) is 26.2 Å². The third kappa shape index (κ3) is 1.78. The molecule has 0 saturated heterocycles. The predicted octanol–water partition coefficient (Wildman–Crippen LogP) is 2.67. The van der Waals surface area contributed by atoms with Crippen LogP contribution in [-0.2, 0) is 6.54 Å². The standard InChI is InChI=1S/C9H11N3S2/c1-6-3-11-9(13)12(6)5-8-4-10-7(2)14-8/h3-4H,5H2,1-2H3,(H,11,13). The summed E-state index contributed by atoms with van der Waals surface area (Å²) in [6.07, 6.45) is 3.84. The molecule has 5 heteroatoms. The van der Waals surface area contributed by atoms with Crippen LogP contribution in [0.2, 0.25) is 0 Å². The number of nitrogens with one attached hydrogen (secondary N) is 1. The zero-order chi connectivity index (χ0) is 10.1. The Morgan fingerprint density at radius 2 is 2.36 bits per heavy atom. The van der Waals surface area contributed by atoms with Crippen LogP contribution in [0.4, 0.5) is 0 Å². The summed E-state index contributed by atoms with van der Waals surface area (Å²) in [4.78, 5) is 8.48. The van der Waals surface area contributed by atoms with E-state index >= 15 is 0 Å². The van der Waals surface area contributed by atoms with Crippen molar-refractivity contribution in [2.75, 3.05) is 0 Å². The highest BCUT2D eigenvalue weighted by Gasteiger charge is 2.02. The van der Waals surface area contributed by atoms with E-state index in [-0.39, 0.29) is 0 Å². The van der Waals surface area contributed by atoms with Crippen molar-refractivity contribution < 1.29 is 0 Å². The molecule has 0 aromatic carbocycles. The normalized spacial score (nSPS) is 10.7. The van der Waals surface area contributed by atoms with Gasteiger partial charge in [0.05, 0.1) is 11.6 Å². The molecule has 0 fully saturated rings. The highest BCUT2D eigenvalue weighted by molar-refractivity contribution is 7.71. The Bertz CT molecular complexity index is 492. The Labute approximate surface area is 91.4 Å². The van der Waals surface area contributed by atoms with Crippen LogP contribution in [-0.4, -0.2) is 14.5 Å². The van der Waals surface area contributed by atoms with E-state index in [9.17, 15) is 0 Å². The molecule has 2 rings (SSSR count). The maximum Gasteiger partial charge on any atom is 0.177 e. The smallest absolute Gasteiger partial charge is 0.177 e. The molecule has 0 aliphatic carbocycles. The number of H-pyrrole nitrogens is 1. The maximum absolute atomic E-state index is 5.17. The number of imidazole rings is 1. The zero-order valence-corrected chi connectivity index (χ0v) is 9.71. The predicted molar refractivity (Wildman–Crippen MR) is 60.3 cm³/mol. The molecule has 2 heterocycles. The van der Waals surface area contributed by atoms with E-state index in [4.69, 9.17) is 12.2 Å². The number of nitrogens with zero attached hydrogens (tertiary/aromatic N) is 2. The molecule has 0 radical (unpaired) electrons. The zero-order valence-electron chi connectivity index (χ0n) is 8.07. The first-order chi connectivity index (χ1) is 6.66. The Hall–Kier alpha value is -0.940. The Morgan fingerprint density at radius 3 is 2.86 bits per heavy atom. The van der Waals surface area contributed by atoms with Crippen molar-refractivity contribution >= 4 is 23.6 Å². The van der Waals surface area contributed by atoms with Crippen molar-refractivity contribution in [1.29, 1.82) is 0 Å². The lowest BCUT2D eigenvalue weighted by molar-refractivity contribution is 0.767. The van der Waals surface area contributed by atoms with Gasteiger partial charge in [0.15, 0.2) is 4.77 Å². The fraction of sp³-hybridized carbons (Fsp3) is 0.333. The van der Waals surface area contributed by atoms with E-state index in [0.717, 1.165) is 22.0 Å². The van der Waals surface area contributed by atoms with Crippen LogP contribution in [0.1, 0.15) is 15.6 Å². The van der Waals surface area contributed by atoms with Gasteiger partial charge in [0.1, 0.15) is 0 Å². The van der Waals surface area contributed by atoms with Crippen molar-refractivity contribution in [2.45, 2.75) is 20.4 Å². The van der Waals surface area contributed by atoms with Gasteiger partial charge in [-0.05, 0) is 26.1 Å². The molecule has 0 saturated carbocycles. The first-order valence-corrected chi connectivity index (χ1v) is 5.55. The van der Waals surface area contributed by atoms with Crippen molar-refractivity contribution in [1.82, 2.24) is 14.5 Å². The van der Waals surface area contributed by atoms with Crippen LogP contribution in [0.3, 0.4) is 0 Å². The molecule has 0 spiro atoms. The Balaban J connectivity index is 2.31. The van der Waals surface area contributed by atoms with Gasteiger partial charge in [-0.1, -0.05) is 0 Å². The van der Waals surface area contributed by atoms with Crippen LogP contribution >= 0.6 is 23.6 Å². The molecule has 0 unspecified atom stereocenters. The summed E-state index contributed by atoms with van der Waals surface area (Å²) in [5, 5.41) is 1.10. The third-order valence-corrected chi connectivity index (χ3v) is 3.29. The second-order valence-corrected chi connectivity index (χ2v) is 4.87. The average molecular weight is 225 g/mol. The van der Waals surface area contributed by atoms with Gasteiger partial charge in [-0.3, -0.25) is 0 Å². The molecule has 0 amide bonds. The summed E-state index contributed by atoms with van der Waals surface area (Å²) in [5.74, 6) is 0. The molecule has 0 aliphatic heterocycles. The highest BCUT2D eigenvalue weighted by atomic mass is 32.1. The minimum atomic E-state index is 0.772. The summed E-state index contributed by atoms with van der Waals surface area (Å²) < 4.78 is 2.84. The van der Waals surface area contributed by atoms with Crippen LogP contribution in [0, 0.1) is 18.6 Å². The second kappa shape index (κ2) is 3.67. The Kier molecular flexibility index (Phi) is 2.52.